The minimum Gasteiger partial charge on any atom is -0.316 e. The summed E-state index contributed by atoms with van der Waals surface area (Å²) in [6.45, 7) is 4.77. The Kier molecular flexibility index (Phi) is 3.22. The molecule has 1 nitrogen and oxygen atoms in total. The SMILES string of the molecule is CC(C)C1CNCC(C(F)(F)F)C1. The Bertz CT molecular complexity index is 165. The summed E-state index contributed by atoms with van der Waals surface area (Å²) in [6, 6.07) is 0. The van der Waals surface area contributed by atoms with Gasteiger partial charge < -0.3 is 5.32 Å². The first kappa shape index (κ1) is 10.8. The monoisotopic (exact) mass is 195 g/mol. The third-order valence-corrected chi connectivity index (χ3v) is 2.79. The topological polar surface area (TPSA) is 12.0 Å². The number of hydrogen-bond acceptors (Lipinski definition) is 1. The molecule has 0 bridgehead atoms. The summed E-state index contributed by atoms with van der Waals surface area (Å²) in [5, 5.41) is 2.85. The predicted molar refractivity (Wildman–Crippen MR) is 45.4 cm³/mol. The molecule has 13 heavy (non-hydrogen) atoms. The van der Waals surface area contributed by atoms with Crippen molar-refractivity contribution in [1.82, 2.24) is 5.32 Å². The van der Waals surface area contributed by atoms with Gasteiger partial charge in [0.05, 0.1) is 5.92 Å². The van der Waals surface area contributed by atoms with Crippen LogP contribution >= 0.6 is 0 Å². The first-order valence-electron chi connectivity index (χ1n) is 4.68. The van der Waals surface area contributed by atoms with Crippen LogP contribution in [0.5, 0.6) is 0 Å². The maximum Gasteiger partial charge on any atom is 0.393 e. The van der Waals surface area contributed by atoms with E-state index in [1.807, 2.05) is 13.8 Å². The van der Waals surface area contributed by atoms with Gasteiger partial charge in [0, 0.05) is 6.54 Å². The Hall–Kier alpha value is -0.250. The molecule has 1 aliphatic rings. The predicted octanol–water partition coefficient (Wildman–Crippen LogP) is 2.43. The molecule has 0 radical (unpaired) electrons. The van der Waals surface area contributed by atoms with Crippen molar-refractivity contribution in [2.75, 3.05) is 13.1 Å². The van der Waals surface area contributed by atoms with Gasteiger partial charge in [-0.3, -0.25) is 0 Å². The van der Waals surface area contributed by atoms with Gasteiger partial charge in [0.25, 0.3) is 0 Å². The first-order chi connectivity index (χ1) is 5.91. The summed E-state index contributed by atoms with van der Waals surface area (Å²) in [7, 11) is 0. The molecule has 0 aliphatic carbocycles. The van der Waals surface area contributed by atoms with E-state index in [0.717, 1.165) is 6.54 Å². The lowest BCUT2D eigenvalue weighted by Crippen LogP contribution is -2.44. The number of nitrogens with one attached hydrogen (secondary N) is 1. The van der Waals surface area contributed by atoms with Crippen molar-refractivity contribution in [3.05, 3.63) is 0 Å². The molecule has 1 rings (SSSR count). The van der Waals surface area contributed by atoms with Crippen molar-refractivity contribution < 1.29 is 13.2 Å². The van der Waals surface area contributed by atoms with Gasteiger partial charge in [-0.25, -0.2) is 0 Å². The number of rotatable bonds is 1. The van der Waals surface area contributed by atoms with E-state index in [4.69, 9.17) is 0 Å². The third kappa shape index (κ3) is 2.86. The second-order valence-corrected chi connectivity index (χ2v) is 4.14. The van der Waals surface area contributed by atoms with Gasteiger partial charge in [-0.05, 0) is 24.8 Å². The zero-order valence-corrected chi connectivity index (χ0v) is 7.99. The summed E-state index contributed by atoms with van der Waals surface area (Å²) in [6.07, 6.45) is -3.74. The molecule has 1 saturated heterocycles. The minimum atomic E-state index is -4.03. The molecular weight excluding hydrogens is 179 g/mol. The van der Waals surface area contributed by atoms with Crippen LogP contribution in [0.1, 0.15) is 20.3 Å². The van der Waals surface area contributed by atoms with Crippen LogP contribution in [0.25, 0.3) is 0 Å². The van der Waals surface area contributed by atoms with Crippen molar-refractivity contribution >= 4 is 0 Å². The lowest BCUT2D eigenvalue weighted by Gasteiger charge is -2.33. The number of hydrogen-bond donors (Lipinski definition) is 1. The standard InChI is InChI=1S/C9H16F3N/c1-6(2)7-3-8(5-13-4-7)9(10,11)12/h6-8,13H,3-5H2,1-2H3. The van der Waals surface area contributed by atoms with Crippen LogP contribution < -0.4 is 5.32 Å². The fourth-order valence-corrected chi connectivity index (χ4v) is 1.73. The lowest BCUT2D eigenvalue weighted by molar-refractivity contribution is -0.182. The zero-order chi connectivity index (χ0) is 10.1. The van der Waals surface area contributed by atoms with E-state index in [1.54, 1.807) is 0 Å². The molecule has 0 aromatic heterocycles. The molecule has 1 aliphatic heterocycles. The molecular formula is C9H16F3N. The van der Waals surface area contributed by atoms with E-state index in [-0.39, 0.29) is 18.9 Å². The average Bonchev–Trinajstić information content (AvgIpc) is 2.03. The highest BCUT2D eigenvalue weighted by molar-refractivity contribution is 4.81. The summed E-state index contributed by atoms with van der Waals surface area (Å²) in [5.41, 5.74) is 0. The average molecular weight is 195 g/mol. The summed E-state index contributed by atoms with van der Waals surface area (Å²) in [5.74, 6) is -0.647. The molecule has 1 fully saturated rings. The van der Waals surface area contributed by atoms with Gasteiger partial charge in [-0.1, -0.05) is 13.8 Å². The lowest BCUT2D eigenvalue weighted by atomic mass is 9.83. The van der Waals surface area contributed by atoms with Gasteiger partial charge in [-0.15, -0.1) is 0 Å². The van der Waals surface area contributed by atoms with Crippen molar-refractivity contribution in [1.29, 1.82) is 0 Å². The molecule has 0 amide bonds. The fraction of sp³-hybridized carbons (Fsp3) is 1.00. The van der Waals surface area contributed by atoms with Crippen LogP contribution in [-0.4, -0.2) is 19.3 Å². The van der Waals surface area contributed by atoms with Crippen LogP contribution in [0.4, 0.5) is 13.2 Å². The van der Waals surface area contributed by atoms with Gasteiger partial charge in [0.1, 0.15) is 0 Å². The number of piperidine rings is 1. The molecule has 2 unspecified atom stereocenters. The first-order valence-corrected chi connectivity index (χ1v) is 4.68. The van der Waals surface area contributed by atoms with Crippen LogP contribution in [0.2, 0.25) is 0 Å². The van der Waals surface area contributed by atoms with E-state index < -0.39 is 12.1 Å². The van der Waals surface area contributed by atoms with Crippen molar-refractivity contribution in [2.24, 2.45) is 17.8 Å². The third-order valence-electron chi connectivity index (χ3n) is 2.79. The Morgan fingerprint density at radius 3 is 2.31 bits per heavy atom. The normalized spacial score (nSPS) is 30.9. The van der Waals surface area contributed by atoms with E-state index in [2.05, 4.69) is 5.32 Å². The Morgan fingerprint density at radius 2 is 1.85 bits per heavy atom. The van der Waals surface area contributed by atoms with Crippen molar-refractivity contribution in [2.45, 2.75) is 26.4 Å². The molecule has 1 N–H and O–H groups in total. The van der Waals surface area contributed by atoms with E-state index in [9.17, 15) is 13.2 Å². The molecule has 1 heterocycles. The molecule has 0 saturated carbocycles. The van der Waals surface area contributed by atoms with E-state index in [1.165, 1.54) is 0 Å². The van der Waals surface area contributed by atoms with Gasteiger partial charge in [-0.2, -0.15) is 13.2 Å². The minimum absolute atomic E-state index is 0.0900. The Labute approximate surface area is 76.7 Å². The Balaban J connectivity index is 2.52. The molecule has 0 aromatic rings. The van der Waals surface area contributed by atoms with Gasteiger partial charge >= 0.3 is 6.18 Å². The smallest absolute Gasteiger partial charge is 0.316 e. The summed E-state index contributed by atoms with van der Waals surface area (Å²) < 4.78 is 37.0. The maximum atomic E-state index is 12.3. The van der Waals surface area contributed by atoms with Gasteiger partial charge in [0.15, 0.2) is 0 Å². The zero-order valence-electron chi connectivity index (χ0n) is 7.99. The largest absolute Gasteiger partial charge is 0.393 e. The number of alkyl halides is 3. The Morgan fingerprint density at radius 1 is 1.23 bits per heavy atom. The summed E-state index contributed by atoms with van der Waals surface area (Å²) >= 11 is 0. The molecule has 2 atom stereocenters. The van der Waals surface area contributed by atoms with Crippen LogP contribution in [0.3, 0.4) is 0 Å². The maximum absolute atomic E-state index is 12.3. The molecule has 4 heteroatoms. The number of halogens is 3. The quantitative estimate of drug-likeness (QED) is 0.677. The highest BCUT2D eigenvalue weighted by Gasteiger charge is 2.42. The van der Waals surface area contributed by atoms with Crippen LogP contribution in [0, 0.1) is 17.8 Å². The van der Waals surface area contributed by atoms with Crippen molar-refractivity contribution in [3.63, 3.8) is 0 Å². The highest BCUT2D eigenvalue weighted by atomic mass is 19.4. The second-order valence-electron chi connectivity index (χ2n) is 4.14. The second kappa shape index (κ2) is 3.86. The van der Waals surface area contributed by atoms with E-state index in [0.29, 0.717) is 5.92 Å². The highest BCUT2D eigenvalue weighted by Crippen LogP contribution is 2.34. The fourth-order valence-electron chi connectivity index (χ4n) is 1.73. The molecule has 78 valence electrons. The van der Waals surface area contributed by atoms with Crippen LogP contribution in [0.15, 0.2) is 0 Å². The van der Waals surface area contributed by atoms with Crippen molar-refractivity contribution in [3.8, 4) is 0 Å². The molecule has 0 spiro atoms. The van der Waals surface area contributed by atoms with E-state index >= 15 is 0 Å². The van der Waals surface area contributed by atoms with Crippen LogP contribution in [-0.2, 0) is 0 Å². The molecule has 0 aromatic carbocycles. The summed E-state index contributed by atoms with van der Waals surface area (Å²) in [4.78, 5) is 0. The van der Waals surface area contributed by atoms with Gasteiger partial charge in [0.2, 0.25) is 0 Å².